The highest BCUT2D eigenvalue weighted by molar-refractivity contribution is 5.74. The molecule has 16 heteroatoms. The Balaban J connectivity index is 0.000000226. The average Bonchev–Trinajstić information content (AvgIpc) is 3.98. The molecule has 4 aliphatic heterocycles. The van der Waals surface area contributed by atoms with E-state index in [0.717, 1.165) is 47.9 Å². The predicted octanol–water partition coefficient (Wildman–Crippen LogP) is 8.76. The first kappa shape index (κ1) is 51.2. The minimum Gasteiger partial charge on any atom is -0.507 e. The lowest BCUT2D eigenvalue weighted by atomic mass is 9.85. The number of carbonyl (C=O) groups is 2. The molecule has 4 heterocycles. The molecule has 3 aromatic carbocycles. The molecule has 2 amide bonds. The fourth-order valence-electron chi connectivity index (χ4n) is 8.89. The van der Waals surface area contributed by atoms with Gasteiger partial charge >= 0.3 is 12.2 Å². The van der Waals surface area contributed by atoms with E-state index in [4.69, 9.17) is 42.6 Å². The third-order valence-electron chi connectivity index (χ3n) is 12.0. The van der Waals surface area contributed by atoms with E-state index in [1.54, 1.807) is 32.6 Å². The van der Waals surface area contributed by atoms with Gasteiger partial charge in [0.25, 0.3) is 0 Å². The summed E-state index contributed by atoms with van der Waals surface area (Å²) in [6.07, 6.45) is 3.42. The maximum Gasteiger partial charge on any atom is 0.411 e. The van der Waals surface area contributed by atoms with Crippen LogP contribution < -0.4 is 23.7 Å². The van der Waals surface area contributed by atoms with Gasteiger partial charge < -0.3 is 58.0 Å². The molecular weight excluding hydrogens is 865 g/mol. The van der Waals surface area contributed by atoms with Gasteiger partial charge in [-0.2, -0.15) is 0 Å². The number of phenols is 1. The average molecular weight is 937 g/mol. The highest BCUT2D eigenvalue weighted by Crippen LogP contribution is 2.54. The van der Waals surface area contributed by atoms with E-state index in [1.807, 2.05) is 58.0 Å². The number of ether oxygens (including phenoxy) is 9. The van der Waals surface area contributed by atoms with Crippen molar-refractivity contribution in [2.24, 2.45) is 0 Å². The lowest BCUT2D eigenvalue weighted by Gasteiger charge is -2.43. The Morgan fingerprint density at radius 2 is 1.12 bits per heavy atom. The summed E-state index contributed by atoms with van der Waals surface area (Å²) in [7, 11) is 0. The number of phenolic OH excluding ortho intramolecular Hbond substituents is 1. The Kier molecular flexibility index (Phi) is 17.1. The van der Waals surface area contributed by atoms with E-state index in [1.165, 1.54) is 4.90 Å². The molecule has 0 fully saturated rings. The topological polar surface area (TPSA) is 184 Å². The first-order valence-corrected chi connectivity index (χ1v) is 23.6. The van der Waals surface area contributed by atoms with Crippen molar-refractivity contribution in [3.05, 3.63) is 69.3 Å². The molecule has 0 spiro atoms. The van der Waals surface area contributed by atoms with Gasteiger partial charge in [0.1, 0.15) is 29.3 Å². The van der Waals surface area contributed by atoms with E-state index in [9.17, 15) is 24.9 Å². The summed E-state index contributed by atoms with van der Waals surface area (Å²) in [6.45, 7) is 20.4. The molecule has 0 aromatic heterocycles. The van der Waals surface area contributed by atoms with E-state index < -0.39 is 47.6 Å². The van der Waals surface area contributed by atoms with Gasteiger partial charge in [-0.15, -0.1) is 0 Å². The molecule has 4 atom stereocenters. The standard InChI is InChI=1S/C29H39NO7.C22H33NO7/c1-6-7-13-33-17-23-24-22(14-21(15-31)30(23)28(32)37-29(3,4)5)25(19(2)26-27(24)36-18-35-26)34-16-20-11-9-8-10-12-20;1-6-7-8-27-11-16-17-15(18(25)13(2)19-20(17)29-12-28-19)9-14(10-24)23(16)21(26)30-22(3,4)5/h8-12,21,23,31H,6-7,13-18H2,1-5H3;14,16,24-25H,6-12H2,1-5H3/t21-,23-;14-,16-/m00/s1. The summed E-state index contributed by atoms with van der Waals surface area (Å²) in [5, 5.41) is 31.4. The number of benzene rings is 3. The fraction of sp³-hybridized carbons (Fsp3) is 0.608. The summed E-state index contributed by atoms with van der Waals surface area (Å²) in [5.74, 6) is 3.03. The van der Waals surface area contributed by atoms with Crippen molar-refractivity contribution in [2.75, 3.05) is 53.2 Å². The lowest BCUT2D eigenvalue weighted by molar-refractivity contribution is -0.0261. The molecule has 7 rings (SSSR count). The van der Waals surface area contributed by atoms with Gasteiger partial charge in [0.05, 0.1) is 50.6 Å². The van der Waals surface area contributed by atoms with Crippen molar-refractivity contribution in [3.8, 4) is 34.5 Å². The van der Waals surface area contributed by atoms with Gasteiger partial charge in [-0.1, -0.05) is 57.0 Å². The van der Waals surface area contributed by atoms with Crippen molar-refractivity contribution < 1.29 is 67.5 Å². The number of fused-ring (bicyclic) bond motifs is 6. The smallest absolute Gasteiger partial charge is 0.411 e. The molecule has 3 N–H and O–H groups in total. The molecule has 0 unspecified atom stereocenters. The van der Waals surface area contributed by atoms with Crippen LogP contribution >= 0.6 is 0 Å². The van der Waals surface area contributed by atoms with Crippen LogP contribution in [-0.4, -0.2) is 114 Å². The van der Waals surface area contributed by atoms with Crippen LogP contribution in [0.5, 0.6) is 34.5 Å². The number of carbonyl (C=O) groups excluding carboxylic acids is 2. The summed E-state index contributed by atoms with van der Waals surface area (Å²) in [4.78, 5) is 29.8. The largest absolute Gasteiger partial charge is 0.507 e. The van der Waals surface area contributed by atoms with Gasteiger partial charge in [-0.3, -0.25) is 9.80 Å². The van der Waals surface area contributed by atoms with Crippen molar-refractivity contribution in [2.45, 2.75) is 150 Å². The Morgan fingerprint density at radius 3 is 1.58 bits per heavy atom. The molecule has 370 valence electrons. The Bertz CT molecular complexity index is 2170. The van der Waals surface area contributed by atoms with Crippen LogP contribution in [0.3, 0.4) is 0 Å². The van der Waals surface area contributed by atoms with Gasteiger partial charge in [0.2, 0.25) is 13.6 Å². The highest BCUT2D eigenvalue weighted by atomic mass is 16.7. The molecule has 0 bridgehead atoms. The van der Waals surface area contributed by atoms with Gasteiger partial charge in [0.15, 0.2) is 23.0 Å². The second kappa shape index (κ2) is 22.3. The predicted molar refractivity (Wildman–Crippen MR) is 249 cm³/mol. The lowest BCUT2D eigenvalue weighted by Crippen LogP contribution is -2.52. The van der Waals surface area contributed by atoms with E-state index in [0.29, 0.717) is 71.7 Å². The number of hydrogen-bond donors (Lipinski definition) is 3. The summed E-state index contributed by atoms with van der Waals surface area (Å²) in [6, 6.07) is 7.76. The van der Waals surface area contributed by atoms with Crippen molar-refractivity contribution >= 4 is 12.2 Å². The van der Waals surface area contributed by atoms with Crippen LogP contribution in [0.2, 0.25) is 0 Å². The fourth-order valence-corrected chi connectivity index (χ4v) is 8.89. The Hall–Kier alpha value is -5.16. The summed E-state index contributed by atoms with van der Waals surface area (Å²) in [5.41, 5.74) is 4.11. The van der Waals surface area contributed by atoms with Gasteiger partial charge in [0, 0.05) is 46.6 Å². The quantitative estimate of drug-likeness (QED) is 0.123. The molecule has 0 saturated heterocycles. The molecule has 3 aromatic rings. The molecule has 16 nitrogen and oxygen atoms in total. The minimum atomic E-state index is -0.693. The Labute approximate surface area is 395 Å². The molecule has 0 radical (unpaired) electrons. The number of aromatic hydroxyl groups is 1. The molecule has 0 saturated carbocycles. The number of amides is 2. The van der Waals surface area contributed by atoms with Crippen LogP contribution in [0.1, 0.15) is 132 Å². The maximum absolute atomic E-state index is 13.5. The molecule has 67 heavy (non-hydrogen) atoms. The van der Waals surface area contributed by atoms with E-state index in [-0.39, 0.29) is 52.2 Å². The van der Waals surface area contributed by atoms with Crippen LogP contribution in [0.25, 0.3) is 0 Å². The Morgan fingerprint density at radius 1 is 0.672 bits per heavy atom. The molecule has 4 aliphatic rings. The number of aliphatic hydroxyl groups excluding tert-OH is 2. The zero-order valence-electron chi connectivity index (χ0n) is 41.0. The third kappa shape index (κ3) is 11.8. The summed E-state index contributed by atoms with van der Waals surface area (Å²) < 4.78 is 53.0. The normalized spacial score (nSPS) is 19.3. The van der Waals surface area contributed by atoms with E-state index >= 15 is 0 Å². The van der Waals surface area contributed by atoms with E-state index in [2.05, 4.69) is 13.8 Å². The van der Waals surface area contributed by atoms with Gasteiger partial charge in [-0.05, 0) is 86.6 Å². The second-order valence-electron chi connectivity index (χ2n) is 19.4. The van der Waals surface area contributed by atoms with Crippen LogP contribution in [0, 0.1) is 13.8 Å². The minimum absolute atomic E-state index is 0.0470. The molecular formula is C51H72N2O14. The van der Waals surface area contributed by atoms with Crippen molar-refractivity contribution in [1.29, 1.82) is 0 Å². The number of nitrogens with zero attached hydrogens (tertiary/aromatic N) is 2. The number of hydrogen-bond acceptors (Lipinski definition) is 14. The first-order chi connectivity index (χ1) is 31.9. The number of unbranched alkanes of at least 4 members (excludes halogenated alkanes) is 2. The zero-order valence-corrected chi connectivity index (χ0v) is 41.0. The van der Waals surface area contributed by atoms with Crippen LogP contribution in [0.4, 0.5) is 9.59 Å². The number of aliphatic hydroxyl groups is 2. The van der Waals surface area contributed by atoms with Crippen LogP contribution in [0.15, 0.2) is 30.3 Å². The van der Waals surface area contributed by atoms with Crippen molar-refractivity contribution in [3.63, 3.8) is 0 Å². The number of rotatable bonds is 15. The monoisotopic (exact) mass is 936 g/mol. The van der Waals surface area contributed by atoms with Crippen LogP contribution in [-0.2, 0) is 38.4 Å². The first-order valence-electron chi connectivity index (χ1n) is 23.6. The zero-order chi connectivity index (χ0) is 48.6. The highest BCUT2D eigenvalue weighted by Gasteiger charge is 2.47. The van der Waals surface area contributed by atoms with Gasteiger partial charge in [-0.25, -0.2) is 9.59 Å². The SMILES string of the molecule is CCCCOC[C@H]1c2c(c(O)c(C)c3c2OCO3)C[C@@H](CO)N1C(=O)OC(C)(C)C.CCCCOC[C@H]1c2c(c(OCc3ccccc3)c(C)c3c2OCO3)C[C@@H](CO)N1C(=O)OC(C)(C)C. The maximum atomic E-state index is 13.5. The van der Waals surface area contributed by atoms with Crippen molar-refractivity contribution in [1.82, 2.24) is 9.80 Å². The second-order valence-corrected chi connectivity index (χ2v) is 19.4. The summed E-state index contributed by atoms with van der Waals surface area (Å²) >= 11 is 0. The molecule has 0 aliphatic carbocycles. The third-order valence-corrected chi connectivity index (χ3v) is 12.0.